The Hall–Kier alpha value is -2.24. The van der Waals surface area contributed by atoms with Crippen LogP contribution >= 0.6 is 0 Å². The molecule has 0 saturated carbocycles. The molecule has 0 bridgehead atoms. The van der Waals surface area contributed by atoms with Crippen LogP contribution in [-0.4, -0.2) is 35.4 Å². The third kappa shape index (κ3) is 5.16. The van der Waals surface area contributed by atoms with Gasteiger partial charge in [0.25, 0.3) is 0 Å². The zero-order chi connectivity index (χ0) is 17.0. The number of carbonyl (C=O) groups excluding carboxylic acids is 1. The number of hydrogen-bond donors (Lipinski definition) is 2. The molecule has 2 rings (SSSR count). The van der Waals surface area contributed by atoms with Gasteiger partial charge in [0.1, 0.15) is 17.4 Å². The van der Waals surface area contributed by atoms with Gasteiger partial charge in [0.05, 0.1) is 6.61 Å². The fourth-order valence-corrected chi connectivity index (χ4v) is 2.55. The molecule has 1 amide bonds. The lowest BCUT2D eigenvalue weighted by atomic mass is 9.91. The van der Waals surface area contributed by atoms with Crippen molar-refractivity contribution in [3.8, 4) is 5.75 Å². The molecule has 2 N–H and O–H groups in total. The maximum atomic E-state index is 11.8. The first-order valence-corrected chi connectivity index (χ1v) is 7.67. The van der Waals surface area contributed by atoms with Gasteiger partial charge >= 0.3 is 12.1 Å². The van der Waals surface area contributed by atoms with Crippen LogP contribution in [0.5, 0.6) is 5.75 Å². The molecule has 2 atom stereocenters. The summed E-state index contributed by atoms with van der Waals surface area (Å²) in [6.45, 7) is 5.63. The highest BCUT2D eigenvalue weighted by molar-refractivity contribution is 5.80. The molecule has 23 heavy (non-hydrogen) atoms. The van der Waals surface area contributed by atoms with E-state index in [0.717, 1.165) is 17.7 Å². The van der Waals surface area contributed by atoms with E-state index in [-0.39, 0.29) is 5.92 Å². The van der Waals surface area contributed by atoms with Gasteiger partial charge in [0.2, 0.25) is 0 Å². The summed E-state index contributed by atoms with van der Waals surface area (Å²) in [7, 11) is 0. The van der Waals surface area contributed by atoms with Gasteiger partial charge in [-0.05, 0) is 51.2 Å². The van der Waals surface area contributed by atoms with E-state index < -0.39 is 23.7 Å². The van der Waals surface area contributed by atoms with Crippen LogP contribution in [0.25, 0.3) is 0 Å². The van der Waals surface area contributed by atoms with Crippen LogP contribution in [0, 0.1) is 5.92 Å². The molecule has 1 aliphatic rings. The van der Waals surface area contributed by atoms with E-state index in [1.54, 1.807) is 20.8 Å². The number of nitrogens with one attached hydrogen (secondary N) is 1. The molecule has 0 aromatic heterocycles. The monoisotopic (exact) mass is 321 g/mol. The Balaban J connectivity index is 1.95. The molecule has 0 saturated heterocycles. The second kappa shape index (κ2) is 6.89. The summed E-state index contributed by atoms with van der Waals surface area (Å²) in [4.78, 5) is 23.2. The van der Waals surface area contributed by atoms with E-state index >= 15 is 0 Å². The van der Waals surface area contributed by atoms with Gasteiger partial charge in [0.15, 0.2) is 0 Å². The predicted molar refractivity (Wildman–Crippen MR) is 84.5 cm³/mol. The first-order valence-electron chi connectivity index (χ1n) is 7.67. The van der Waals surface area contributed by atoms with E-state index in [4.69, 9.17) is 9.47 Å². The first kappa shape index (κ1) is 17.1. The number of carboxylic acid groups (broad SMARTS) is 1. The summed E-state index contributed by atoms with van der Waals surface area (Å²) in [5, 5.41) is 11.8. The smallest absolute Gasteiger partial charge is 0.408 e. The third-order valence-corrected chi connectivity index (χ3v) is 3.51. The minimum atomic E-state index is -1.07. The summed E-state index contributed by atoms with van der Waals surface area (Å²) in [6.07, 6.45) is 0.306. The number of amides is 1. The maximum absolute atomic E-state index is 11.8. The molecule has 126 valence electrons. The Morgan fingerprint density at radius 2 is 2.09 bits per heavy atom. The van der Waals surface area contributed by atoms with Crippen LogP contribution in [-0.2, 0) is 16.0 Å². The number of aliphatic carboxylic acids is 1. The second-order valence-electron chi connectivity index (χ2n) is 6.76. The van der Waals surface area contributed by atoms with Crippen LogP contribution in [0.2, 0.25) is 0 Å². The Bertz CT molecular complexity index is 579. The number of alkyl carbamates (subject to hydrolysis) is 1. The minimum absolute atomic E-state index is 0.0286. The molecule has 6 heteroatoms. The number of fused-ring (bicyclic) bond motifs is 1. The number of benzene rings is 1. The Morgan fingerprint density at radius 1 is 1.39 bits per heavy atom. The Morgan fingerprint density at radius 3 is 2.74 bits per heavy atom. The minimum Gasteiger partial charge on any atom is -0.493 e. The molecule has 2 unspecified atom stereocenters. The van der Waals surface area contributed by atoms with Crippen LogP contribution in [0.15, 0.2) is 24.3 Å². The van der Waals surface area contributed by atoms with E-state index in [1.807, 2.05) is 24.3 Å². The molecule has 0 aliphatic carbocycles. The molecule has 1 aliphatic heterocycles. The van der Waals surface area contributed by atoms with Gasteiger partial charge in [-0.25, -0.2) is 9.59 Å². The SMILES string of the molecule is CC(C)(C)OC(=O)NC(CC1COc2ccccc2C1)C(=O)O. The van der Waals surface area contributed by atoms with Crippen molar-refractivity contribution in [3.05, 3.63) is 29.8 Å². The lowest BCUT2D eigenvalue weighted by Gasteiger charge is -2.28. The normalized spacial score (nSPS) is 18.3. The summed E-state index contributed by atoms with van der Waals surface area (Å²) < 4.78 is 10.8. The molecule has 1 heterocycles. The van der Waals surface area contributed by atoms with Gasteiger partial charge in [-0.2, -0.15) is 0 Å². The molecular formula is C17H23NO5. The van der Waals surface area contributed by atoms with Gasteiger partial charge in [-0.3, -0.25) is 0 Å². The van der Waals surface area contributed by atoms with Crippen LogP contribution < -0.4 is 10.1 Å². The fourth-order valence-electron chi connectivity index (χ4n) is 2.55. The van der Waals surface area contributed by atoms with Crippen molar-refractivity contribution in [3.63, 3.8) is 0 Å². The van der Waals surface area contributed by atoms with Crippen LogP contribution in [0.4, 0.5) is 4.79 Å². The summed E-state index contributed by atoms with van der Waals surface area (Å²) in [5.41, 5.74) is 0.394. The number of para-hydroxylation sites is 1. The number of rotatable bonds is 4. The van der Waals surface area contributed by atoms with Crippen molar-refractivity contribution in [2.45, 2.75) is 45.3 Å². The standard InChI is InChI=1S/C17H23NO5/c1-17(2,3)23-16(21)18-13(15(19)20)9-11-8-12-6-4-5-7-14(12)22-10-11/h4-7,11,13H,8-10H2,1-3H3,(H,18,21)(H,19,20). The zero-order valence-corrected chi connectivity index (χ0v) is 13.7. The lowest BCUT2D eigenvalue weighted by Crippen LogP contribution is -2.45. The highest BCUT2D eigenvalue weighted by atomic mass is 16.6. The van der Waals surface area contributed by atoms with Gasteiger partial charge in [0, 0.05) is 0 Å². The summed E-state index contributed by atoms with van der Waals surface area (Å²) in [6, 6.07) is 6.71. The second-order valence-corrected chi connectivity index (χ2v) is 6.76. The van der Waals surface area contributed by atoms with Crippen molar-refractivity contribution >= 4 is 12.1 Å². The van der Waals surface area contributed by atoms with E-state index in [0.29, 0.717) is 13.0 Å². The molecule has 0 radical (unpaired) electrons. The highest BCUT2D eigenvalue weighted by Gasteiger charge is 2.29. The Kier molecular flexibility index (Phi) is 5.13. The zero-order valence-electron chi connectivity index (χ0n) is 13.7. The number of carbonyl (C=O) groups is 2. The van der Waals surface area contributed by atoms with E-state index in [9.17, 15) is 14.7 Å². The summed E-state index contributed by atoms with van der Waals surface area (Å²) >= 11 is 0. The number of ether oxygens (including phenoxy) is 2. The molecule has 1 aromatic carbocycles. The van der Waals surface area contributed by atoms with Crippen molar-refractivity contribution in [1.29, 1.82) is 0 Å². The third-order valence-electron chi connectivity index (χ3n) is 3.51. The molecule has 6 nitrogen and oxygen atoms in total. The van der Waals surface area contributed by atoms with Crippen molar-refractivity contribution in [2.24, 2.45) is 5.92 Å². The average Bonchev–Trinajstić information content (AvgIpc) is 2.44. The van der Waals surface area contributed by atoms with Gasteiger partial charge < -0.3 is 19.9 Å². The van der Waals surface area contributed by atoms with Gasteiger partial charge in [-0.15, -0.1) is 0 Å². The fraction of sp³-hybridized carbons (Fsp3) is 0.529. The topological polar surface area (TPSA) is 84.9 Å². The lowest BCUT2D eigenvalue weighted by molar-refractivity contribution is -0.140. The summed E-state index contributed by atoms with van der Waals surface area (Å²) in [5.74, 6) is -0.202. The molecular weight excluding hydrogens is 298 g/mol. The maximum Gasteiger partial charge on any atom is 0.408 e. The Labute approximate surface area is 135 Å². The highest BCUT2D eigenvalue weighted by Crippen LogP contribution is 2.28. The average molecular weight is 321 g/mol. The molecule has 1 aromatic rings. The molecule has 0 spiro atoms. The predicted octanol–water partition coefficient (Wildman–Crippen LogP) is 2.61. The first-order chi connectivity index (χ1) is 10.7. The van der Waals surface area contributed by atoms with Crippen molar-refractivity contribution in [1.82, 2.24) is 5.32 Å². The number of hydrogen-bond acceptors (Lipinski definition) is 4. The van der Waals surface area contributed by atoms with E-state index in [1.165, 1.54) is 0 Å². The van der Waals surface area contributed by atoms with Crippen molar-refractivity contribution in [2.75, 3.05) is 6.61 Å². The van der Waals surface area contributed by atoms with Crippen molar-refractivity contribution < 1.29 is 24.2 Å². The van der Waals surface area contributed by atoms with Crippen LogP contribution in [0.3, 0.4) is 0 Å². The molecule has 0 fully saturated rings. The van der Waals surface area contributed by atoms with Crippen LogP contribution in [0.1, 0.15) is 32.8 Å². The van der Waals surface area contributed by atoms with Gasteiger partial charge in [-0.1, -0.05) is 18.2 Å². The quantitative estimate of drug-likeness (QED) is 0.890. The number of carboxylic acids is 1. The van der Waals surface area contributed by atoms with E-state index in [2.05, 4.69) is 5.32 Å². The largest absolute Gasteiger partial charge is 0.493 e.